The molecule has 0 unspecified atom stereocenters. The molecule has 2 aromatic rings. The van der Waals surface area contributed by atoms with Crippen molar-refractivity contribution in [3.05, 3.63) is 51.5 Å². The highest BCUT2D eigenvalue weighted by Gasteiger charge is 1.92. The highest BCUT2D eigenvalue weighted by molar-refractivity contribution is 6.30. The number of rotatable bonds is 3. The number of hydrogen-bond donors (Lipinski definition) is 2. The Balaban J connectivity index is 2.05. The number of aromatic amines is 1. The van der Waals surface area contributed by atoms with E-state index in [1.165, 1.54) is 6.20 Å². The number of halogens is 1. The van der Waals surface area contributed by atoms with Gasteiger partial charge in [-0.2, -0.15) is 15.2 Å². The highest BCUT2D eigenvalue weighted by atomic mass is 35.5. The molecule has 0 atom stereocenters. The van der Waals surface area contributed by atoms with Crippen molar-refractivity contribution in [1.82, 2.24) is 15.2 Å². The van der Waals surface area contributed by atoms with Crippen molar-refractivity contribution in [3.8, 4) is 0 Å². The predicted octanol–water partition coefficient (Wildman–Crippen LogP) is 1.26. The highest BCUT2D eigenvalue weighted by Crippen LogP contribution is 2.08. The summed E-state index contributed by atoms with van der Waals surface area (Å²) in [6.45, 7) is 0. The first-order valence-corrected chi connectivity index (χ1v) is 5.08. The maximum absolute atomic E-state index is 10.8. The number of nitrogens with one attached hydrogen (secondary N) is 2. The Labute approximate surface area is 101 Å². The summed E-state index contributed by atoms with van der Waals surface area (Å²) in [4.78, 5) is 14.4. The Hall–Kier alpha value is -2.21. The lowest BCUT2D eigenvalue weighted by Gasteiger charge is -1.96. The summed E-state index contributed by atoms with van der Waals surface area (Å²) < 4.78 is 0. The van der Waals surface area contributed by atoms with Crippen LogP contribution in [0.5, 0.6) is 0 Å². The van der Waals surface area contributed by atoms with Crippen molar-refractivity contribution >= 4 is 23.6 Å². The second-order valence-electron chi connectivity index (χ2n) is 3.10. The smallest absolute Gasteiger partial charge is 0.260 e. The molecule has 0 saturated heterocycles. The Morgan fingerprint density at radius 3 is 3.12 bits per heavy atom. The second kappa shape index (κ2) is 5.22. The van der Waals surface area contributed by atoms with E-state index in [9.17, 15) is 4.79 Å². The molecule has 0 radical (unpaired) electrons. The molecule has 0 bridgehead atoms. The molecule has 0 spiro atoms. The average molecular weight is 250 g/mol. The third-order valence-electron chi connectivity index (χ3n) is 1.81. The lowest BCUT2D eigenvalue weighted by molar-refractivity contribution is 0.913. The van der Waals surface area contributed by atoms with Gasteiger partial charge in [0.25, 0.3) is 0 Å². The quantitative estimate of drug-likeness (QED) is 0.634. The van der Waals surface area contributed by atoms with E-state index in [4.69, 9.17) is 11.6 Å². The van der Waals surface area contributed by atoms with Gasteiger partial charge in [-0.3, -0.25) is 5.43 Å². The maximum atomic E-state index is 10.8. The first kappa shape index (κ1) is 11.3. The van der Waals surface area contributed by atoms with Crippen LogP contribution in [-0.4, -0.2) is 21.4 Å². The van der Waals surface area contributed by atoms with Gasteiger partial charge < -0.3 is 0 Å². The van der Waals surface area contributed by atoms with Gasteiger partial charge in [0.05, 0.1) is 12.4 Å². The predicted molar refractivity (Wildman–Crippen MR) is 65.3 cm³/mol. The summed E-state index contributed by atoms with van der Waals surface area (Å²) >= 11 is 5.81. The van der Waals surface area contributed by atoms with Crippen molar-refractivity contribution in [1.29, 1.82) is 0 Å². The molecule has 1 aromatic carbocycles. The molecule has 2 N–H and O–H groups in total. The minimum Gasteiger partial charge on any atom is -0.260 e. The monoisotopic (exact) mass is 249 g/mol. The third kappa shape index (κ3) is 3.39. The zero-order chi connectivity index (χ0) is 12.1. The van der Waals surface area contributed by atoms with Gasteiger partial charge in [-0.05, 0) is 17.7 Å². The van der Waals surface area contributed by atoms with Crippen molar-refractivity contribution in [2.24, 2.45) is 5.10 Å². The number of aromatic nitrogens is 3. The van der Waals surface area contributed by atoms with E-state index < -0.39 is 5.69 Å². The zero-order valence-electron chi connectivity index (χ0n) is 8.59. The standard InChI is InChI=1S/C10H8ClN5O/c11-8-3-1-2-7(4-8)5-12-15-9-6-13-16-10(17)14-9/h1-6H,(H2,14,15,16,17)/b12-5+. The molecule has 1 aromatic heterocycles. The SMILES string of the molecule is O=c1nc(N/N=C/c2cccc(Cl)c2)cn[nH]1. The Bertz CT molecular complexity index is 595. The van der Waals surface area contributed by atoms with Crippen LogP contribution in [0, 0.1) is 0 Å². The lowest BCUT2D eigenvalue weighted by atomic mass is 10.2. The van der Waals surface area contributed by atoms with Crippen LogP contribution in [0.15, 0.2) is 40.4 Å². The molecular formula is C10H8ClN5O. The van der Waals surface area contributed by atoms with Gasteiger partial charge in [0.1, 0.15) is 0 Å². The van der Waals surface area contributed by atoms with Gasteiger partial charge in [-0.25, -0.2) is 9.89 Å². The molecule has 0 aliphatic heterocycles. The van der Waals surface area contributed by atoms with E-state index in [0.717, 1.165) is 5.56 Å². The average Bonchev–Trinajstić information content (AvgIpc) is 2.29. The molecule has 86 valence electrons. The van der Waals surface area contributed by atoms with Crippen molar-refractivity contribution in [2.75, 3.05) is 5.43 Å². The minimum atomic E-state index is -0.534. The van der Waals surface area contributed by atoms with Crippen molar-refractivity contribution in [2.45, 2.75) is 0 Å². The Morgan fingerprint density at radius 2 is 2.35 bits per heavy atom. The number of nitrogens with zero attached hydrogens (tertiary/aromatic N) is 3. The van der Waals surface area contributed by atoms with E-state index in [1.807, 2.05) is 12.1 Å². The van der Waals surface area contributed by atoms with Gasteiger partial charge in [0, 0.05) is 5.02 Å². The Kier molecular flexibility index (Phi) is 3.46. The van der Waals surface area contributed by atoms with E-state index in [0.29, 0.717) is 5.02 Å². The maximum Gasteiger partial charge on any atom is 0.363 e. The second-order valence-corrected chi connectivity index (χ2v) is 3.53. The summed E-state index contributed by atoms with van der Waals surface area (Å²) in [6.07, 6.45) is 2.92. The van der Waals surface area contributed by atoms with Crippen LogP contribution in [0.25, 0.3) is 0 Å². The fourth-order valence-electron chi connectivity index (χ4n) is 1.13. The van der Waals surface area contributed by atoms with Gasteiger partial charge >= 0.3 is 5.69 Å². The van der Waals surface area contributed by atoms with Crippen molar-refractivity contribution in [3.63, 3.8) is 0 Å². The Morgan fingerprint density at radius 1 is 1.47 bits per heavy atom. The fraction of sp³-hybridized carbons (Fsp3) is 0. The molecule has 0 fully saturated rings. The van der Waals surface area contributed by atoms with Gasteiger partial charge in [0.2, 0.25) is 0 Å². The summed E-state index contributed by atoms with van der Waals surface area (Å²) in [5.41, 5.74) is 2.89. The van der Waals surface area contributed by atoms with Crippen LogP contribution in [0.4, 0.5) is 5.82 Å². The summed E-state index contributed by atoms with van der Waals surface area (Å²) in [5.74, 6) is 0.270. The number of benzene rings is 1. The summed E-state index contributed by atoms with van der Waals surface area (Å²) in [5, 5.41) is 10.3. The van der Waals surface area contributed by atoms with Gasteiger partial charge in [-0.15, -0.1) is 0 Å². The van der Waals surface area contributed by atoms with Crippen LogP contribution >= 0.6 is 11.6 Å². The molecule has 0 aliphatic carbocycles. The van der Waals surface area contributed by atoms with Crippen LogP contribution in [0.3, 0.4) is 0 Å². The molecule has 6 nitrogen and oxygen atoms in total. The molecule has 0 saturated carbocycles. The normalized spacial score (nSPS) is 10.6. The molecule has 2 rings (SSSR count). The fourth-order valence-corrected chi connectivity index (χ4v) is 1.32. The third-order valence-corrected chi connectivity index (χ3v) is 2.05. The zero-order valence-corrected chi connectivity index (χ0v) is 9.35. The number of anilines is 1. The number of H-pyrrole nitrogens is 1. The van der Waals surface area contributed by atoms with Crippen LogP contribution in [0.2, 0.25) is 5.02 Å². The summed E-state index contributed by atoms with van der Waals surface area (Å²) in [7, 11) is 0. The van der Waals surface area contributed by atoms with Gasteiger partial charge in [-0.1, -0.05) is 23.7 Å². The van der Waals surface area contributed by atoms with Gasteiger partial charge in [0.15, 0.2) is 5.82 Å². The molecule has 7 heteroatoms. The molecule has 1 heterocycles. The van der Waals surface area contributed by atoms with Crippen molar-refractivity contribution < 1.29 is 0 Å². The van der Waals surface area contributed by atoms with Crippen LogP contribution in [-0.2, 0) is 0 Å². The van der Waals surface area contributed by atoms with E-state index in [1.54, 1.807) is 18.3 Å². The topological polar surface area (TPSA) is 83.0 Å². The largest absolute Gasteiger partial charge is 0.363 e. The molecule has 0 amide bonds. The molecular weight excluding hydrogens is 242 g/mol. The first-order chi connectivity index (χ1) is 8.24. The number of hydrazone groups is 1. The molecule has 0 aliphatic rings. The lowest BCUT2D eigenvalue weighted by Crippen LogP contribution is -2.13. The van der Waals surface area contributed by atoms with Crippen LogP contribution in [0.1, 0.15) is 5.56 Å². The van der Waals surface area contributed by atoms with E-state index in [2.05, 4.69) is 25.7 Å². The van der Waals surface area contributed by atoms with Crippen LogP contribution < -0.4 is 11.1 Å². The number of hydrogen-bond acceptors (Lipinski definition) is 5. The minimum absolute atomic E-state index is 0.270. The van der Waals surface area contributed by atoms with E-state index in [-0.39, 0.29) is 5.82 Å². The summed E-state index contributed by atoms with van der Waals surface area (Å²) in [6, 6.07) is 7.20. The first-order valence-electron chi connectivity index (χ1n) is 4.70. The van der Waals surface area contributed by atoms with E-state index >= 15 is 0 Å². The molecule has 17 heavy (non-hydrogen) atoms.